The number of benzene rings is 1. The molecule has 0 N–H and O–H groups in total. The van der Waals surface area contributed by atoms with Crippen molar-refractivity contribution in [2.24, 2.45) is 0 Å². The molecule has 1 aromatic carbocycles. The minimum absolute atomic E-state index is 0.320. The van der Waals surface area contributed by atoms with Crippen molar-refractivity contribution in [2.45, 2.75) is 12.5 Å². The summed E-state index contributed by atoms with van der Waals surface area (Å²) >= 11 is 8.30. The van der Waals surface area contributed by atoms with Crippen molar-refractivity contribution in [3.05, 3.63) is 28.8 Å². The van der Waals surface area contributed by atoms with Gasteiger partial charge in [-0.05, 0) is 11.6 Å². The molecule has 0 spiro atoms. The van der Waals surface area contributed by atoms with Crippen LogP contribution in [0.15, 0.2) is 18.2 Å². The molecule has 0 amide bonds. The summed E-state index contributed by atoms with van der Waals surface area (Å²) in [6.07, 6.45) is 1.32. The second-order valence-corrected chi connectivity index (χ2v) is 4.11. The summed E-state index contributed by atoms with van der Waals surface area (Å²) in [4.78, 5) is 0. The van der Waals surface area contributed by atoms with E-state index in [1.54, 1.807) is 0 Å². The molecule has 1 aliphatic rings. The summed E-state index contributed by atoms with van der Waals surface area (Å²) in [6, 6.07) is 5.92. The summed E-state index contributed by atoms with van der Waals surface area (Å²) in [5, 5.41) is 0.736. The van der Waals surface area contributed by atoms with Crippen molar-refractivity contribution >= 4 is 34.2 Å². The first kappa shape index (κ1) is 8.63. The average molecular weight is 295 g/mol. The number of halogens is 2. The van der Waals surface area contributed by atoms with Gasteiger partial charge in [0.05, 0.1) is 5.02 Å². The molecule has 2 rings (SSSR count). The molecule has 1 atom stereocenters. The number of para-hydroxylation sites is 1. The van der Waals surface area contributed by atoms with Crippen LogP contribution in [0.2, 0.25) is 5.02 Å². The zero-order valence-corrected chi connectivity index (χ0v) is 9.30. The summed E-state index contributed by atoms with van der Waals surface area (Å²) in [7, 11) is 0. The highest BCUT2D eigenvalue weighted by atomic mass is 127. The molecule has 12 heavy (non-hydrogen) atoms. The summed E-state index contributed by atoms with van der Waals surface area (Å²) < 4.78 is 6.66. The molecule has 0 radical (unpaired) electrons. The molecule has 0 unspecified atom stereocenters. The van der Waals surface area contributed by atoms with Gasteiger partial charge in [0.25, 0.3) is 0 Å². The minimum Gasteiger partial charge on any atom is -0.487 e. The Balaban J connectivity index is 2.35. The van der Waals surface area contributed by atoms with E-state index < -0.39 is 0 Å². The lowest BCUT2D eigenvalue weighted by Gasteiger charge is -2.05. The number of hydrogen-bond acceptors (Lipinski definition) is 1. The molecule has 1 nitrogen and oxygen atoms in total. The van der Waals surface area contributed by atoms with Gasteiger partial charge in [0.2, 0.25) is 0 Å². The van der Waals surface area contributed by atoms with Crippen LogP contribution in [0.3, 0.4) is 0 Å². The molecule has 1 aliphatic heterocycles. The second-order valence-electron chi connectivity index (χ2n) is 2.83. The fraction of sp³-hybridized carbons (Fsp3) is 0.333. The first-order valence-electron chi connectivity index (χ1n) is 3.81. The molecule has 1 aromatic rings. The molecule has 0 aromatic heterocycles. The van der Waals surface area contributed by atoms with Gasteiger partial charge in [-0.1, -0.05) is 46.3 Å². The zero-order chi connectivity index (χ0) is 8.55. The van der Waals surface area contributed by atoms with Crippen LogP contribution in [-0.4, -0.2) is 10.5 Å². The van der Waals surface area contributed by atoms with Crippen molar-refractivity contribution in [2.75, 3.05) is 4.43 Å². The van der Waals surface area contributed by atoms with Crippen LogP contribution >= 0.6 is 34.2 Å². The third kappa shape index (κ3) is 1.42. The molecule has 0 saturated heterocycles. The van der Waals surface area contributed by atoms with Gasteiger partial charge >= 0.3 is 0 Å². The van der Waals surface area contributed by atoms with Gasteiger partial charge in [-0.2, -0.15) is 0 Å². The van der Waals surface area contributed by atoms with Crippen LogP contribution in [0.4, 0.5) is 0 Å². The van der Waals surface area contributed by atoms with E-state index in [2.05, 4.69) is 28.7 Å². The highest BCUT2D eigenvalue weighted by Gasteiger charge is 2.23. The number of hydrogen-bond donors (Lipinski definition) is 0. The molecule has 64 valence electrons. The molecular formula is C9H8ClIO. The number of rotatable bonds is 1. The van der Waals surface area contributed by atoms with Crippen LogP contribution in [0.1, 0.15) is 5.56 Å². The van der Waals surface area contributed by atoms with Gasteiger partial charge in [0, 0.05) is 10.8 Å². The van der Waals surface area contributed by atoms with Gasteiger partial charge in [-0.25, -0.2) is 0 Å². The summed E-state index contributed by atoms with van der Waals surface area (Å²) in [5.74, 6) is 0.890. The summed E-state index contributed by atoms with van der Waals surface area (Å²) in [5.41, 5.74) is 1.24. The van der Waals surface area contributed by atoms with Gasteiger partial charge in [-0.15, -0.1) is 0 Å². The molecular weight excluding hydrogens is 286 g/mol. The maximum Gasteiger partial charge on any atom is 0.141 e. The lowest BCUT2D eigenvalue weighted by molar-refractivity contribution is 0.262. The fourth-order valence-electron chi connectivity index (χ4n) is 1.39. The Bertz CT molecular complexity index is 301. The van der Waals surface area contributed by atoms with E-state index in [9.17, 15) is 0 Å². The average Bonchev–Trinajstić information content (AvgIpc) is 2.49. The topological polar surface area (TPSA) is 9.23 Å². The predicted octanol–water partition coefficient (Wildman–Crippen LogP) is 3.08. The first-order chi connectivity index (χ1) is 5.81. The number of alkyl halides is 1. The zero-order valence-electron chi connectivity index (χ0n) is 6.39. The highest BCUT2D eigenvalue weighted by molar-refractivity contribution is 14.1. The minimum atomic E-state index is 0.320. The van der Waals surface area contributed by atoms with E-state index in [4.69, 9.17) is 16.3 Å². The van der Waals surface area contributed by atoms with Crippen molar-refractivity contribution < 1.29 is 4.74 Å². The fourth-order valence-corrected chi connectivity index (χ4v) is 2.12. The van der Waals surface area contributed by atoms with E-state index >= 15 is 0 Å². The maximum atomic E-state index is 5.96. The Kier molecular flexibility index (Phi) is 2.46. The van der Waals surface area contributed by atoms with E-state index in [1.165, 1.54) is 5.56 Å². The molecule has 1 heterocycles. The number of ether oxygens (including phenoxy) is 1. The van der Waals surface area contributed by atoms with E-state index in [0.29, 0.717) is 6.10 Å². The van der Waals surface area contributed by atoms with Crippen LogP contribution in [0.5, 0.6) is 5.75 Å². The van der Waals surface area contributed by atoms with Crippen LogP contribution in [-0.2, 0) is 6.42 Å². The Morgan fingerprint density at radius 1 is 1.58 bits per heavy atom. The van der Waals surface area contributed by atoms with E-state index in [0.717, 1.165) is 21.6 Å². The van der Waals surface area contributed by atoms with E-state index in [-0.39, 0.29) is 0 Å². The Hall–Kier alpha value is 0.0400. The molecule has 0 aliphatic carbocycles. The Morgan fingerprint density at radius 2 is 2.42 bits per heavy atom. The van der Waals surface area contributed by atoms with Gasteiger partial charge in [-0.3, -0.25) is 0 Å². The smallest absolute Gasteiger partial charge is 0.141 e. The molecule has 0 fully saturated rings. The molecule has 3 heteroatoms. The van der Waals surface area contributed by atoms with Gasteiger partial charge in [0.15, 0.2) is 0 Å². The van der Waals surface area contributed by atoms with Crippen LogP contribution in [0.25, 0.3) is 0 Å². The lowest BCUT2D eigenvalue weighted by Crippen LogP contribution is -2.13. The Labute approximate surface area is 90.2 Å². The second kappa shape index (κ2) is 3.42. The maximum absolute atomic E-state index is 5.96. The predicted molar refractivity (Wildman–Crippen MR) is 58.5 cm³/mol. The third-order valence-corrected chi connectivity index (χ3v) is 3.23. The van der Waals surface area contributed by atoms with Crippen LogP contribution < -0.4 is 4.74 Å². The van der Waals surface area contributed by atoms with Gasteiger partial charge in [0.1, 0.15) is 11.9 Å². The van der Waals surface area contributed by atoms with Crippen molar-refractivity contribution in [3.8, 4) is 5.75 Å². The Morgan fingerprint density at radius 3 is 3.08 bits per heavy atom. The quantitative estimate of drug-likeness (QED) is 0.571. The van der Waals surface area contributed by atoms with Crippen molar-refractivity contribution in [3.63, 3.8) is 0 Å². The van der Waals surface area contributed by atoms with Gasteiger partial charge < -0.3 is 4.74 Å². The highest BCUT2D eigenvalue weighted by Crippen LogP contribution is 2.35. The first-order valence-corrected chi connectivity index (χ1v) is 5.71. The lowest BCUT2D eigenvalue weighted by atomic mass is 10.1. The normalized spacial score (nSPS) is 20.3. The summed E-state index contributed by atoms with van der Waals surface area (Å²) in [6.45, 7) is 0. The third-order valence-electron chi connectivity index (χ3n) is 1.95. The van der Waals surface area contributed by atoms with Crippen molar-refractivity contribution in [1.82, 2.24) is 0 Å². The monoisotopic (exact) mass is 294 g/mol. The van der Waals surface area contributed by atoms with Crippen LogP contribution in [0, 0.1) is 0 Å². The SMILES string of the molecule is Clc1cccc2c1O[C@H](CI)C2. The standard InChI is InChI=1S/C9H8ClIO/c10-8-3-1-2-6-4-7(5-11)12-9(6)8/h1-3,7H,4-5H2/t7-/m0/s1. The molecule has 0 bridgehead atoms. The van der Waals surface area contributed by atoms with E-state index in [1.807, 2.05) is 12.1 Å². The largest absolute Gasteiger partial charge is 0.487 e. The molecule has 0 saturated carbocycles. The number of fused-ring (bicyclic) bond motifs is 1. The van der Waals surface area contributed by atoms with Crippen molar-refractivity contribution in [1.29, 1.82) is 0 Å².